The minimum Gasteiger partial charge on any atom is -0.309 e. The molecule has 0 amide bonds. The van der Waals surface area contributed by atoms with Crippen molar-refractivity contribution < 1.29 is 0 Å². The summed E-state index contributed by atoms with van der Waals surface area (Å²) in [5.74, 6) is 1.10. The van der Waals surface area contributed by atoms with Crippen LogP contribution < -0.4 is 5.32 Å². The number of thioether (sulfide) groups is 1. The molecule has 0 aliphatic rings. The van der Waals surface area contributed by atoms with Crippen LogP contribution in [0.2, 0.25) is 0 Å². The molecule has 0 aromatic carbocycles. The van der Waals surface area contributed by atoms with Crippen molar-refractivity contribution in [3.63, 3.8) is 0 Å². The summed E-state index contributed by atoms with van der Waals surface area (Å²) in [7, 11) is 0. The maximum absolute atomic E-state index is 4.18. The van der Waals surface area contributed by atoms with Gasteiger partial charge in [-0.25, -0.2) is 0 Å². The van der Waals surface area contributed by atoms with Gasteiger partial charge in [0.05, 0.1) is 0 Å². The molecular weight excluding hydrogens is 192 g/mol. The van der Waals surface area contributed by atoms with Gasteiger partial charge in [-0.15, -0.1) is 0 Å². The number of aromatic nitrogens is 1. The van der Waals surface area contributed by atoms with Crippen molar-refractivity contribution in [1.29, 1.82) is 0 Å². The second-order valence-corrected chi connectivity index (χ2v) is 4.21. The summed E-state index contributed by atoms with van der Waals surface area (Å²) in [5.41, 5.74) is 2.64. The Morgan fingerprint density at radius 2 is 2.36 bits per heavy atom. The first-order chi connectivity index (χ1) is 6.79. The Morgan fingerprint density at radius 1 is 1.57 bits per heavy atom. The number of hydrogen-bond donors (Lipinski definition) is 1. The molecular formula is C11H18N2S. The van der Waals surface area contributed by atoms with Gasteiger partial charge in [-0.1, -0.05) is 6.92 Å². The molecule has 0 bridgehead atoms. The molecule has 2 nitrogen and oxygen atoms in total. The van der Waals surface area contributed by atoms with Crippen molar-refractivity contribution >= 4 is 11.8 Å². The van der Waals surface area contributed by atoms with Crippen LogP contribution in [0, 0.1) is 6.92 Å². The molecule has 78 valence electrons. The van der Waals surface area contributed by atoms with E-state index in [2.05, 4.69) is 36.5 Å². The number of nitrogens with one attached hydrogen (secondary N) is 1. The van der Waals surface area contributed by atoms with Gasteiger partial charge in [-0.05, 0) is 36.9 Å². The number of pyridine rings is 1. The maximum atomic E-state index is 4.18. The van der Waals surface area contributed by atoms with Crippen LogP contribution in [0.3, 0.4) is 0 Å². The zero-order chi connectivity index (χ0) is 10.4. The summed E-state index contributed by atoms with van der Waals surface area (Å²) in [5, 5.41) is 3.48. The van der Waals surface area contributed by atoms with Crippen LogP contribution in [0.15, 0.2) is 18.5 Å². The molecule has 0 saturated carbocycles. The van der Waals surface area contributed by atoms with Gasteiger partial charge in [0.15, 0.2) is 0 Å². The summed E-state index contributed by atoms with van der Waals surface area (Å²) < 4.78 is 0. The molecule has 0 saturated heterocycles. The van der Waals surface area contributed by atoms with Crippen LogP contribution >= 0.6 is 11.8 Å². The van der Waals surface area contributed by atoms with E-state index in [0.717, 1.165) is 12.3 Å². The standard InChI is InChI=1S/C11H18N2S/c1-4-13-11(8-14-3)10-7-12-6-5-9(10)2/h5-7,11,13H,4,8H2,1-3H3. The molecule has 3 heteroatoms. The van der Waals surface area contributed by atoms with Gasteiger partial charge in [0, 0.05) is 24.2 Å². The molecule has 1 rings (SSSR count). The van der Waals surface area contributed by atoms with Gasteiger partial charge < -0.3 is 5.32 Å². The van der Waals surface area contributed by atoms with E-state index in [4.69, 9.17) is 0 Å². The monoisotopic (exact) mass is 210 g/mol. The molecule has 1 aromatic rings. The lowest BCUT2D eigenvalue weighted by atomic mass is 10.1. The average molecular weight is 210 g/mol. The SMILES string of the molecule is CCNC(CSC)c1cnccc1C. The first-order valence-electron chi connectivity index (χ1n) is 4.92. The topological polar surface area (TPSA) is 24.9 Å². The molecule has 1 heterocycles. The van der Waals surface area contributed by atoms with Gasteiger partial charge >= 0.3 is 0 Å². The lowest BCUT2D eigenvalue weighted by Crippen LogP contribution is -2.23. The molecule has 0 aliphatic carbocycles. The highest BCUT2D eigenvalue weighted by molar-refractivity contribution is 7.98. The minimum atomic E-state index is 0.434. The Kier molecular flexibility index (Phi) is 4.98. The Hall–Kier alpha value is -0.540. The molecule has 0 spiro atoms. The molecule has 1 atom stereocenters. The first kappa shape index (κ1) is 11.5. The highest BCUT2D eigenvalue weighted by atomic mass is 32.2. The third-order valence-corrected chi connectivity index (χ3v) is 2.91. The predicted molar refractivity (Wildman–Crippen MR) is 63.8 cm³/mol. The fraction of sp³-hybridized carbons (Fsp3) is 0.545. The Morgan fingerprint density at radius 3 is 2.93 bits per heavy atom. The van der Waals surface area contributed by atoms with Crippen LogP contribution in [0.5, 0.6) is 0 Å². The summed E-state index contributed by atoms with van der Waals surface area (Å²) in [6.45, 7) is 5.28. The number of rotatable bonds is 5. The molecule has 1 aromatic heterocycles. The van der Waals surface area contributed by atoms with E-state index in [9.17, 15) is 0 Å². The third-order valence-electron chi connectivity index (χ3n) is 2.24. The molecule has 1 unspecified atom stereocenters. The van der Waals surface area contributed by atoms with Gasteiger partial charge in [0.25, 0.3) is 0 Å². The summed E-state index contributed by atoms with van der Waals surface area (Å²) >= 11 is 1.86. The van der Waals surface area contributed by atoms with Gasteiger partial charge in [-0.2, -0.15) is 11.8 Å². The average Bonchev–Trinajstić information content (AvgIpc) is 2.18. The molecule has 0 aliphatic heterocycles. The van der Waals surface area contributed by atoms with Crippen LogP contribution in [-0.4, -0.2) is 23.5 Å². The molecule has 0 radical (unpaired) electrons. The van der Waals surface area contributed by atoms with Crippen molar-refractivity contribution in [2.45, 2.75) is 19.9 Å². The van der Waals surface area contributed by atoms with Crippen LogP contribution in [0.25, 0.3) is 0 Å². The maximum Gasteiger partial charge on any atom is 0.0429 e. The summed E-state index contributed by atoms with van der Waals surface area (Å²) in [4.78, 5) is 4.18. The van der Waals surface area contributed by atoms with E-state index in [0.29, 0.717) is 6.04 Å². The van der Waals surface area contributed by atoms with Crippen LogP contribution in [-0.2, 0) is 0 Å². The van der Waals surface area contributed by atoms with Gasteiger partial charge in [-0.3, -0.25) is 4.98 Å². The number of aryl methyl sites for hydroxylation is 1. The van der Waals surface area contributed by atoms with Crippen molar-refractivity contribution in [3.8, 4) is 0 Å². The molecule has 1 N–H and O–H groups in total. The highest BCUT2D eigenvalue weighted by Gasteiger charge is 2.11. The van der Waals surface area contributed by atoms with Crippen molar-refractivity contribution in [2.75, 3.05) is 18.6 Å². The fourth-order valence-electron chi connectivity index (χ4n) is 1.51. The van der Waals surface area contributed by atoms with E-state index in [-0.39, 0.29) is 0 Å². The zero-order valence-corrected chi connectivity index (χ0v) is 9.90. The number of hydrogen-bond acceptors (Lipinski definition) is 3. The number of nitrogens with zero attached hydrogens (tertiary/aromatic N) is 1. The molecule has 14 heavy (non-hydrogen) atoms. The van der Waals surface area contributed by atoms with E-state index < -0.39 is 0 Å². The third kappa shape index (κ3) is 3.00. The largest absolute Gasteiger partial charge is 0.309 e. The lowest BCUT2D eigenvalue weighted by Gasteiger charge is -2.18. The Balaban J connectivity index is 2.81. The minimum absolute atomic E-state index is 0.434. The summed E-state index contributed by atoms with van der Waals surface area (Å²) in [6.07, 6.45) is 5.95. The van der Waals surface area contributed by atoms with Crippen LogP contribution in [0.4, 0.5) is 0 Å². The van der Waals surface area contributed by atoms with Crippen molar-refractivity contribution in [2.24, 2.45) is 0 Å². The lowest BCUT2D eigenvalue weighted by molar-refractivity contribution is 0.601. The normalized spacial score (nSPS) is 12.8. The predicted octanol–water partition coefficient (Wildman–Crippen LogP) is 2.40. The van der Waals surface area contributed by atoms with Crippen molar-refractivity contribution in [1.82, 2.24) is 10.3 Å². The first-order valence-corrected chi connectivity index (χ1v) is 6.31. The Bertz CT molecular complexity index is 270. The van der Waals surface area contributed by atoms with Gasteiger partial charge in [0.1, 0.15) is 0 Å². The van der Waals surface area contributed by atoms with Crippen LogP contribution in [0.1, 0.15) is 24.1 Å². The molecule has 0 fully saturated rings. The van der Waals surface area contributed by atoms with E-state index in [1.165, 1.54) is 11.1 Å². The van der Waals surface area contributed by atoms with E-state index >= 15 is 0 Å². The second-order valence-electron chi connectivity index (χ2n) is 3.30. The highest BCUT2D eigenvalue weighted by Crippen LogP contribution is 2.19. The summed E-state index contributed by atoms with van der Waals surface area (Å²) in [6, 6.07) is 2.50. The van der Waals surface area contributed by atoms with Crippen molar-refractivity contribution in [3.05, 3.63) is 29.6 Å². The Labute approximate surface area is 90.5 Å². The quantitative estimate of drug-likeness (QED) is 0.808. The second kappa shape index (κ2) is 6.04. The fourth-order valence-corrected chi connectivity index (χ4v) is 2.14. The zero-order valence-electron chi connectivity index (χ0n) is 9.08. The smallest absolute Gasteiger partial charge is 0.0429 e. The van der Waals surface area contributed by atoms with E-state index in [1.54, 1.807) is 0 Å². The van der Waals surface area contributed by atoms with Gasteiger partial charge in [0.2, 0.25) is 0 Å². The van der Waals surface area contributed by atoms with E-state index in [1.807, 2.05) is 24.2 Å².